The highest BCUT2D eigenvalue weighted by atomic mass is 32.2. The summed E-state index contributed by atoms with van der Waals surface area (Å²) in [5.41, 5.74) is 2.25. The fourth-order valence-electron chi connectivity index (χ4n) is 3.07. The van der Waals surface area contributed by atoms with Crippen LogP contribution in [0.1, 0.15) is 16.7 Å². The van der Waals surface area contributed by atoms with Crippen molar-refractivity contribution in [3.63, 3.8) is 0 Å². The lowest BCUT2D eigenvalue weighted by molar-refractivity contribution is 0.293. The molecule has 2 aromatic rings. The number of hydrogen-bond acceptors (Lipinski definition) is 4. The van der Waals surface area contributed by atoms with Crippen LogP contribution in [0.5, 0.6) is 11.5 Å². The molecule has 1 aliphatic heterocycles. The minimum absolute atomic E-state index is 0.309. The van der Waals surface area contributed by atoms with E-state index in [2.05, 4.69) is 0 Å². The molecule has 0 atom stereocenters. The van der Waals surface area contributed by atoms with Crippen LogP contribution in [0.3, 0.4) is 0 Å². The van der Waals surface area contributed by atoms with Gasteiger partial charge in [-0.3, -0.25) is 0 Å². The molecule has 0 fully saturated rings. The van der Waals surface area contributed by atoms with E-state index >= 15 is 0 Å². The van der Waals surface area contributed by atoms with E-state index in [1.165, 1.54) is 4.31 Å². The molecule has 128 valence electrons. The van der Waals surface area contributed by atoms with Gasteiger partial charge in [0.2, 0.25) is 10.0 Å². The number of fused-ring (bicyclic) bond motifs is 1. The molecule has 2 aromatic carbocycles. The second-order valence-electron chi connectivity index (χ2n) is 5.89. The number of rotatable bonds is 3. The SMILES string of the molecule is COc1cc(C)c(S(=O)(=O)N2CCOc3ccccc3C2)c(C)c1. The molecule has 0 saturated carbocycles. The van der Waals surface area contributed by atoms with Crippen LogP contribution in [-0.4, -0.2) is 33.0 Å². The average Bonchev–Trinajstić information content (AvgIpc) is 2.76. The molecule has 0 bridgehead atoms. The van der Waals surface area contributed by atoms with Crippen molar-refractivity contribution in [2.75, 3.05) is 20.3 Å². The van der Waals surface area contributed by atoms with Crippen LogP contribution in [0.4, 0.5) is 0 Å². The molecule has 1 heterocycles. The molecule has 0 aliphatic carbocycles. The van der Waals surface area contributed by atoms with E-state index in [4.69, 9.17) is 9.47 Å². The van der Waals surface area contributed by atoms with Gasteiger partial charge in [0.15, 0.2) is 0 Å². The van der Waals surface area contributed by atoms with Crippen LogP contribution in [-0.2, 0) is 16.6 Å². The Balaban J connectivity index is 2.03. The van der Waals surface area contributed by atoms with E-state index in [1.807, 2.05) is 24.3 Å². The van der Waals surface area contributed by atoms with Crippen molar-refractivity contribution in [1.82, 2.24) is 4.31 Å². The molecule has 24 heavy (non-hydrogen) atoms. The topological polar surface area (TPSA) is 55.8 Å². The number of para-hydroxylation sites is 1. The van der Waals surface area contributed by atoms with Gasteiger partial charge in [0.05, 0.1) is 12.0 Å². The first-order chi connectivity index (χ1) is 11.4. The normalized spacial score (nSPS) is 15.3. The van der Waals surface area contributed by atoms with Crippen molar-refractivity contribution in [3.05, 3.63) is 53.1 Å². The molecule has 0 unspecified atom stereocenters. The maximum atomic E-state index is 13.2. The zero-order valence-corrected chi connectivity index (χ0v) is 14.9. The van der Waals surface area contributed by atoms with Gasteiger partial charge in [-0.05, 0) is 43.2 Å². The largest absolute Gasteiger partial charge is 0.497 e. The molecule has 0 spiro atoms. The van der Waals surface area contributed by atoms with Gasteiger partial charge in [0.25, 0.3) is 0 Å². The summed E-state index contributed by atoms with van der Waals surface area (Å²) in [6, 6.07) is 11.1. The average molecular weight is 347 g/mol. The Morgan fingerprint density at radius 3 is 2.46 bits per heavy atom. The van der Waals surface area contributed by atoms with Crippen molar-refractivity contribution in [2.45, 2.75) is 25.3 Å². The maximum absolute atomic E-state index is 13.2. The van der Waals surface area contributed by atoms with Gasteiger partial charge < -0.3 is 9.47 Å². The molecule has 0 aromatic heterocycles. The Hall–Kier alpha value is -2.05. The van der Waals surface area contributed by atoms with Crippen LogP contribution in [0.2, 0.25) is 0 Å². The summed E-state index contributed by atoms with van der Waals surface area (Å²) < 4.78 is 38.8. The lowest BCUT2D eigenvalue weighted by atomic mass is 10.1. The molecule has 1 aliphatic rings. The van der Waals surface area contributed by atoms with E-state index in [1.54, 1.807) is 33.1 Å². The monoisotopic (exact) mass is 347 g/mol. The van der Waals surface area contributed by atoms with E-state index in [0.717, 1.165) is 11.3 Å². The van der Waals surface area contributed by atoms with Gasteiger partial charge in [0.1, 0.15) is 18.1 Å². The third kappa shape index (κ3) is 2.99. The number of sulfonamides is 1. The van der Waals surface area contributed by atoms with Crippen molar-refractivity contribution in [1.29, 1.82) is 0 Å². The number of ether oxygens (including phenoxy) is 2. The predicted molar refractivity (Wildman–Crippen MR) is 92.0 cm³/mol. The smallest absolute Gasteiger partial charge is 0.244 e. The Labute approximate surface area is 142 Å². The third-order valence-corrected chi connectivity index (χ3v) is 6.34. The van der Waals surface area contributed by atoms with Crippen LogP contribution in [0.15, 0.2) is 41.3 Å². The predicted octanol–water partition coefficient (Wildman–Crippen LogP) is 2.90. The number of aryl methyl sites for hydroxylation is 2. The van der Waals surface area contributed by atoms with E-state index in [0.29, 0.717) is 41.5 Å². The van der Waals surface area contributed by atoms with E-state index < -0.39 is 10.0 Å². The highest BCUT2D eigenvalue weighted by molar-refractivity contribution is 7.89. The van der Waals surface area contributed by atoms with Crippen molar-refractivity contribution in [2.24, 2.45) is 0 Å². The van der Waals surface area contributed by atoms with Crippen LogP contribution in [0.25, 0.3) is 0 Å². The first-order valence-corrected chi connectivity index (χ1v) is 9.23. The molecule has 0 radical (unpaired) electrons. The molecule has 3 rings (SSSR count). The standard InChI is InChI=1S/C18H21NO4S/c1-13-10-16(22-3)11-14(2)18(13)24(20,21)19-8-9-23-17-7-5-4-6-15(17)12-19/h4-7,10-11H,8-9,12H2,1-3H3. The number of methoxy groups -OCH3 is 1. The molecule has 0 saturated heterocycles. The Bertz CT molecular complexity index is 838. The number of benzene rings is 2. The van der Waals surface area contributed by atoms with Gasteiger partial charge in [-0.1, -0.05) is 18.2 Å². The van der Waals surface area contributed by atoms with Crippen LogP contribution >= 0.6 is 0 Å². The van der Waals surface area contributed by atoms with E-state index in [9.17, 15) is 8.42 Å². The van der Waals surface area contributed by atoms with Crippen molar-refractivity contribution >= 4 is 10.0 Å². The summed E-state index contributed by atoms with van der Waals surface area (Å²) in [4.78, 5) is 0.350. The number of nitrogens with zero attached hydrogens (tertiary/aromatic N) is 1. The third-order valence-electron chi connectivity index (χ3n) is 4.18. The Morgan fingerprint density at radius 1 is 1.12 bits per heavy atom. The van der Waals surface area contributed by atoms with Crippen molar-refractivity contribution in [3.8, 4) is 11.5 Å². The summed E-state index contributed by atoms with van der Waals surface area (Å²) in [5, 5.41) is 0. The zero-order chi connectivity index (χ0) is 17.3. The second-order valence-corrected chi connectivity index (χ2v) is 7.76. The van der Waals surface area contributed by atoms with Gasteiger partial charge >= 0.3 is 0 Å². The number of hydrogen-bond donors (Lipinski definition) is 0. The molecular formula is C18H21NO4S. The Kier molecular flexibility index (Phi) is 4.51. The Morgan fingerprint density at radius 2 is 1.79 bits per heavy atom. The lowest BCUT2D eigenvalue weighted by Crippen LogP contribution is -2.33. The van der Waals surface area contributed by atoms with Crippen LogP contribution in [0, 0.1) is 13.8 Å². The quantitative estimate of drug-likeness (QED) is 0.857. The molecule has 0 N–H and O–H groups in total. The fraction of sp³-hybridized carbons (Fsp3) is 0.333. The zero-order valence-electron chi connectivity index (χ0n) is 14.1. The minimum Gasteiger partial charge on any atom is -0.497 e. The minimum atomic E-state index is -3.62. The van der Waals surface area contributed by atoms with Crippen LogP contribution < -0.4 is 9.47 Å². The van der Waals surface area contributed by atoms with E-state index in [-0.39, 0.29) is 0 Å². The summed E-state index contributed by atoms with van der Waals surface area (Å²) >= 11 is 0. The molecule has 5 nitrogen and oxygen atoms in total. The van der Waals surface area contributed by atoms with Gasteiger partial charge in [0, 0.05) is 18.7 Å². The molecule has 6 heteroatoms. The second kappa shape index (κ2) is 6.45. The highest BCUT2D eigenvalue weighted by Gasteiger charge is 2.30. The van der Waals surface area contributed by atoms with Crippen molar-refractivity contribution < 1.29 is 17.9 Å². The lowest BCUT2D eigenvalue weighted by Gasteiger charge is -2.22. The summed E-state index contributed by atoms with van der Waals surface area (Å²) in [7, 11) is -2.04. The highest BCUT2D eigenvalue weighted by Crippen LogP contribution is 2.31. The maximum Gasteiger partial charge on any atom is 0.244 e. The molecule has 0 amide bonds. The summed E-state index contributed by atoms with van der Waals surface area (Å²) in [5.74, 6) is 1.41. The van der Waals surface area contributed by atoms with Gasteiger partial charge in [-0.15, -0.1) is 0 Å². The first kappa shape index (κ1) is 16.8. The summed E-state index contributed by atoms with van der Waals surface area (Å²) in [6.45, 7) is 4.56. The first-order valence-electron chi connectivity index (χ1n) is 7.79. The molecular weight excluding hydrogens is 326 g/mol. The fourth-order valence-corrected chi connectivity index (χ4v) is 4.89. The van der Waals surface area contributed by atoms with Gasteiger partial charge in [-0.25, -0.2) is 8.42 Å². The summed E-state index contributed by atoms with van der Waals surface area (Å²) in [6.07, 6.45) is 0. The van der Waals surface area contributed by atoms with Gasteiger partial charge in [-0.2, -0.15) is 4.31 Å².